The van der Waals surface area contributed by atoms with Crippen LogP contribution in [0.5, 0.6) is 0 Å². The highest BCUT2D eigenvalue weighted by Crippen LogP contribution is 2.68. The van der Waals surface area contributed by atoms with Crippen LogP contribution < -0.4 is 16.6 Å². The third-order valence-corrected chi connectivity index (χ3v) is 5.44. The molecular weight excluding hydrogens is 250 g/mol. The molecule has 1 aromatic rings. The molecule has 0 aliphatic heterocycles. The van der Waals surface area contributed by atoms with Gasteiger partial charge in [-0.15, -0.1) is 0 Å². The zero-order valence-corrected chi connectivity index (χ0v) is 13.5. The average Bonchev–Trinajstić information content (AvgIpc) is 2.78. The first-order chi connectivity index (χ1) is 9.25. The van der Waals surface area contributed by atoms with Crippen molar-refractivity contribution in [2.24, 2.45) is 22.6 Å². The van der Waals surface area contributed by atoms with E-state index in [1.165, 1.54) is 0 Å². The number of nitrogens with two attached hydrogens (primary N) is 1. The second kappa shape index (κ2) is 4.88. The Labute approximate surface area is 121 Å². The van der Waals surface area contributed by atoms with Crippen molar-refractivity contribution in [3.63, 3.8) is 0 Å². The third kappa shape index (κ3) is 2.24. The van der Waals surface area contributed by atoms with Crippen LogP contribution in [-0.2, 0) is 6.42 Å². The Balaban J connectivity index is 2.14. The lowest BCUT2D eigenvalue weighted by molar-refractivity contribution is 0.457. The first-order valence-corrected chi connectivity index (χ1v) is 7.33. The van der Waals surface area contributed by atoms with Gasteiger partial charge < -0.3 is 10.7 Å². The van der Waals surface area contributed by atoms with Crippen molar-refractivity contribution in [2.45, 2.75) is 48.0 Å². The maximum Gasteiger partial charge on any atom is 0.148 e. The normalized spacial score (nSPS) is 19.8. The summed E-state index contributed by atoms with van der Waals surface area (Å²) in [4.78, 5) is 8.96. The Bertz CT molecular complexity index is 493. The summed E-state index contributed by atoms with van der Waals surface area (Å²) in [5.74, 6) is 8.59. The molecule has 0 bridgehead atoms. The number of rotatable bonds is 5. The third-order valence-electron chi connectivity index (χ3n) is 5.44. The van der Waals surface area contributed by atoms with Gasteiger partial charge in [0.05, 0.1) is 0 Å². The molecule has 2 rings (SSSR count). The fraction of sp³-hybridized carbons (Fsp3) is 0.733. The minimum atomic E-state index is 0.378. The van der Waals surface area contributed by atoms with Crippen molar-refractivity contribution >= 4 is 11.6 Å². The monoisotopic (exact) mass is 277 g/mol. The molecule has 1 aliphatic carbocycles. The summed E-state index contributed by atoms with van der Waals surface area (Å²) in [5, 5.41) is 3.49. The topological polar surface area (TPSA) is 75.9 Å². The van der Waals surface area contributed by atoms with Gasteiger partial charge in [0.1, 0.15) is 17.5 Å². The Kier molecular flexibility index (Phi) is 3.67. The van der Waals surface area contributed by atoms with Crippen molar-refractivity contribution < 1.29 is 0 Å². The van der Waals surface area contributed by atoms with Crippen LogP contribution in [0.4, 0.5) is 11.6 Å². The zero-order valence-electron chi connectivity index (χ0n) is 13.5. The molecule has 20 heavy (non-hydrogen) atoms. The lowest BCUT2D eigenvalue weighted by atomic mass is 10.0. The average molecular weight is 277 g/mol. The SMILES string of the molecule is CCc1nc(NN)c(C)c(NCC2C(C)(C)C2(C)C)n1. The maximum atomic E-state index is 5.53. The van der Waals surface area contributed by atoms with E-state index < -0.39 is 0 Å². The van der Waals surface area contributed by atoms with Crippen molar-refractivity contribution in [2.75, 3.05) is 17.3 Å². The van der Waals surface area contributed by atoms with Crippen LogP contribution >= 0.6 is 0 Å². The van der Waals surface area contributed by atoms with Crippen molar-refractivity contribution in [1.82, 2.24) is 9.97 Å². The van der Waals surface area contributed by atoms with Crippen molar-refractivity contribution in [3.05, 3.63) is 11.4 Å². The smallest absolute Gasteiger partial charge is 0.148 e. The zero-order chi connectivity index (χ0) is 15.1. The summed E-state index contributed by atoms with van der Waals surface area (Å²) in [6, 6.07) is 0. The predicted molar refractivity (Wildman–Crippen MR) is 83.5 cm³/mol. The van der Waals surface area contributed by atoms with Gasteiger partial charge in [0.25, 0.3) is 0 Å². The minimum Gasteiger partial charge on any atom is -0.369 e. The van der Waals surface area contributed by atoms with E-state index in [9.17, 15) is 0 Å². The molecule has 5 heteroatoms. The number of anilines is 2. The number of aryl methyl sites for hydroxylation is 1. The summed E-state index contributed by atoms with van der Waals surface area (Å²) >= 11 is 0. The summed E-state index contributed by atoms with van der Waals surface area (Å²) in [6.45, 7) is 14.3. The van der Waals surface area contributed by atoms with Crippen LogP contribution in [0.3, 0.4) is 0 Å². The predicted octanol–water partition coefficient (Wildman–Crippen LogP) is 2.73. The Morgan fingerprint density at radius 1 is 1.10 bits per heavy atom. The van der Waals surface area contributed by atoms with Crippen LogP contribution in [0.25, 0.3) is 0 Å². The van der Waals surface area contributed by atoms with Gasteiger partial charge in [0.15, 0.2) is 0 Å². The van der Waals surface area contributed by atoms with E-state index >= 15 is 0 Å². The van der Waals surface area contributed by atoms with Gasteiger partial charge >= 0.3 is 0 Å². The molecule has 1 fully saturated rings. The summed E-state index contributed by atoms with van der Waals surface area (Å²) < 4.78 is 0. The van der Waals surface area contributed by atoms with Crippen LogP contribution in [0.2, 0.25) is 0 Å². The summed E-state index contributed by atoms with van der Waals surface area (Å²) in [7, 11) is 0. The van der Waals surface area contributed by atoms with Crippen LogP contribution in [0, 0.1) is 23.7 Å². The molecule has 0 saturated heterocycles. The molecule has 1 saturated carbocycles. The standard InChI is InChI=1S/C15H27N5/c1-7-11-18-12(9(2)13(19-11)20-16)17-8-10-14(3,4)15(10,5)6/h10H,7-8,16H2,1-6H3,(H2,17,18,19,20). The quantitative estimate of drug-likeness (QED) is 0.570. The highest BCUT2D eigenvalue weighted by Gasteiger charge is 2.64. The molecule has 0 amide bonds. The molecule has 112 valence electrons. The van der Waals surface area contributed by atoms with E-state index in [0.717, 1.165) is 30.2 Å². The largest absolute Gasteiger partial charge is 0.369 e. The Hall–Kier alpha value is -1.36. The van der Waals surface area contributed by atoms with Crippen LogP contribution in [-0.4, -0.2) is 16.5 Å². The second-order valence-corrected chi connectivity index (χ2v) is 6.84. The molecular formula is C15H27N5. The maximum absolute atomic E-state index is 5.53. The first kappa shape index (κ1) is 15.0. The number of nitrogen functional groups attached to an aromatic ring is 1. The molecule has 1 aromatic heterocycles. The van der Waals surface area contributed by atoms with E-state index in [1.807, 2.05) is 13.8 Å². The molecule has 4 N–H and O–H groups in total. The van der Waals surface area contributed by atoms with Gasteiger partial charge in [0.2, 0.25) is 0 Å². The van der Waals surface area contributed by atoms with Gasteiger partial charge in [-0.3, -0.25) is 0 Å². The molecule has 0 spiro atoms. The van der Waals surface area contributed by atoms with E-state index in [-0.39, 0.29) is 0 Å². The molecule has 0 unspecified atom stereocenters. The fourth-order valence-corrected chi connectivity index (χ4v) is 3.08. The number of aromatic nitrogens is 2. The second-order valence-electron chi connectivity index (χ2n) is 6.84. The minimum absolute atomic E-state index is 0.378. The fourth-order valence-electron chi connectivity index (χ4n) is 3.08. The number of nitrogens with zero attached hydrogens (tertiary/aromatic N) is 2. The van der Waals surface area contributed by atoms with Gasteiger partial charge in [-0.2, -0.15) is 0 Å². The molecule has 1 heterocycles. The number of nitrogens with one attached hydrogen (secondary N) is 2. The molecule has 0 radical (unpaired) electrons. The first-order valence-electron chi connectivity index (χ1n) is 7.33. The van der Waals surface area contributed by atoms with E-state index in [1.54, 1.807) is 0 Å². The van der Waals surface area contributed by atoms with Crippen molar-refractivity contribution in [3.8, 4) is 0 Å². The Morgan fingerprint density at radius 3 is 2.10 bits per heavy atom. The van der Waals surface area contributed by atoms with Gasteiger partial charge in [-0.05, 0) is 23.7 Å². The molecule has 0 aromatic carbocycles. The van der Waals surface area contributed by atoms with Crippen molar-refractivity contribution in [1.29, 1.82) is 0 Å². The van der Waals surface area contributed by atoms with Gasteiger partial charge in [0, 0.05) is 18.5 Å². The van der Waals surface area contributed by atoms with E-state index in [0.29, 0.717) is 22.6 Å². The lowest BCUT2D eigenvalue weighted by Gasteiger charge is -2.13. The van der Waals surface area contributed by atoms with E-state index in [4.69, 9.17) is 5.84 Å². The Morgan fingerprint density at radius 2 is 1.65 bits per heavy atom. The van der Waals surface area contributed by atoms with Crippen LogP contribution in [0.1, 0.15) is 46.0 Å². The molecule has 1 aliphatic rings. The highest BCUT2D eigenvalue weighted by molar-refractivity contribution is 5.56. The van der Waals surface area contributed by atoms with E-state index in [2.05, 4.69) is 48.4 Å². The number of hydrogen-bond acceptors (Lipinski definition) is 5. The van der Waals surface area contributed by atoms with Gasteiger partial charge in [-0.1, -0.05) is 34.6 Å². The highest BCUT2D eigenvalue weighted by atomic mass is 15.3. The number of hydrogen-bond donors (Lipinski definition) is 3. The molecule has 0 atom stereocenters. The van der Waals surface area contributed by atoms with Gasteiger partial charge in [-0.25, -0.2) is 15.8 Å². The molecule has 5 nitrogen and oxygen atoms in total. The number of hydrazine groups is 1. The lowest BCUT2D eigenvalue weighted by Crippen LogP contribution is -2.16. The summed E-state index contributed by atoms with van der Waals surface area (Å²) in [6.07, 6.45) is 0.796. The summed E-state index contributed by atoms with van der Waals surface area (Å²) in [5.41, 5.74) is 4.39. The van der Waals surface area contributed by atoms with Crippen LogP contribution in [0.15, 0.2) is 0 Å².